The Morgan fingerprint density at radius 3 is 2.46 bits per heavy atom. The van der Waals surface area contributed by atoms with Crippen LogP contribution in [-0.2, 0) is 14.4 Å². The summed E-state index contributed by atoms with van der Waals surface area (Å²) in [6.45, 7) is 5.91. The first-order valence-electron chi connectivity index (χ1n) is 9.37. The number of anilines is 2. The molecule has 1 saturated heterocycles. The number of hydrogen-bond donors (Lipinski definition) is 2. The maximum atomic E-state index is 12.8. The van der Waals surface area contributed by atoms with Gasteiger partial charge in [0.1, 0.15) is 0 Å². The Morgan fingerprint density at radius 1 is 1.12 bits per heavy atom. The third-order valence-electron chi connectivity index (χ3n) is 5.71. The number of carbonyl (C=O) groups excluding carboxylic acids is 3. The minimum Gasteiger partial charge on any atom is -0.326 e. The molecule has 2 N–H and O–H groups in total. The Bertz CT molecular complexity index is 701. The van der Waals surface area contributed by atoms with Crippen LogP contribution in [0.3, 0.4) is 0 Å². The summed E-state index contributed by atoms with van der Waals surface area (Å²) in [6, 6.07) is 6.60. The molecule has 0 radical (unpaired) electrons. The van der Waals surface area contributed by atoms with E-state index in [2.05, 4.69) is 24.5 Å². The van der Waals surface area contributed by atoms with Gasteiger partial charge in [-0.05, 0) is 42.5 Å². The molecule has 2 fully saturated rings. The molecule has 1 aliphatic heterocycles. The minimum absolute atomic E-state index is 0.161. The molecule has 140 valence electrons. The predicted molar refractivity (Wildman–Crippen MR) is 101 cm³/mol. The highest BCUT2D eigenvalue weighted by Gasteiger charge is 2.41. The van der Waals surface area contributed by atoms with Crippen LogP contribution in [0.5, 0.6) is 0 Å². The van der Waals surface area contributed by atoms with Gasteiger partial charge in [0.2, 0.25) is 11.8 Å². The molecule has 0 unspecified atom stereocenters. The van der Waals surface area contributed by atoms with E-state index in [0.717, 1.165) is 12.8 Å². The van der Waals surface area contributed by atoms with Crippen LogP contribution < -0.4 is 15.5 Å². The first-order valence-corrected chi connectivity index (χ1v) is 9.37. The van der Waals surface area contributed by atoms with E-state index in [4.69, 9.17) is 0 Å². The van der Waals surface area contributed by atoms with E-state index in [9.17, 15) is 14.4 Å². The molecule has 1 aliphatic carbocycles. The molecule has 1 aromatic rings. The molecule has 3 amide bonds. The first-order chi connectivity index (χ1) is 12.4. The number of nitrogens with zero attached hydrogens (tertiary/aromatic N) is 1. The zero-order valence-electron chi connectivity index (χ0n) is 15.6. The van der Waals surface area contributed by atoms with Crippen molar-refractivity contribution in [2.75, 3.05) is 10.2 Å². The number of benzene rings is 1. The molecule has 3 rings (SSSR count). The van der Waals surface area contributed by atoms with Crippen molar-refractivity contribution < 1.29 is 14.4 Å². The van der Waals surface area contributed by atoms with Crippen molar-refractivity contribution >= 4 is 29.1 Å². The molecule has 0 aromatic heterocycles. The average Bonchev–Trinajstić information content (AvgIpc) is 2.86. The fourth-order valence-corrected chi connectivity index (χ4v) is 4.01. The summed E-state index contributed by atoms with van der Waals surface area (Å²) in [5.74, 6) is 0.596. The van der Waals surface area contributed by atoms with Gasteiger partial charge in [0.25, 0.3) is 5.91 Å². The average molecular weight is 357 g/mol. The van der Waals surface area contributed by atoms with E-state index >= 15 is 0 Å². The second kappa shape index (κ2) is 7.58. The molecule has 6 heteroatoms. The maximum Gasteiger partial charge on any atom is 0.251 e. The lowest BCUT2D eigenvalue weighted by atomic mass is 9.78. The van der Waals surface area contributed by atoms with Crippen LogP contribution in [0, 0.1) is 11.8 Å². The summed E-state index contributed by atoms with van der Waals surface area (Å²) >= 11 is 0. The van der Waals surface area contributed by atoms with Crippen LogP contribution in [0.15, 0.2) is 24.3 Å². The van der Waals surface area contributed by atoms with Gasteiger partial charge in [-0.15, -0.1) is 0 Å². The summed E-state index contributed by atoms with van der Waals surface area (Å²) in [7, 11) is 0. The van der Waals surface area contributed by atoms with Crippen molar-refractivity contribution in [2.24, 2.45) is 11.8 Å². The van der Waals surface area contributed by atoms with Crippen molar-refractivity contribution in [3.05, 3.63) is 24.3 Å². The van der Waals surface area contributed by atoms with Crippen molar-refractivity contribution in [3.63, 3.8) is 0 Å². The zero-order chi connectivity index (χ0) is 18.8. The van der Waals surface area contributed by atoms with E-state index in [0.29, 0.717) is 23.2 Å². The molecular formula is C20H27N3O3. The quantitative estimate of drug-likeness (QED) is 0.812. The zero-order valence-corrected chi connectivity index (χ0v) is 15.6. The van der Waals surface area contributed by atoms with Crippen LogP contribution in [0.4, 0.5) is 11.4 Å². The summed E-state index contributed by atoms with van der Waals surface area (Å²) in [4.78, 5) is 37.6. The fourth-order valence-electron chi connectivity index (χ4n) is 4.01. The highest BCUT2D eigenvalue weighted by Crippen LogP contribution is 2.31. The normalized spacial score (nSPS) is 29.1. The van der Waals surface area contributed by atoms with E-state index in [1.165, 1.54) is 18.2 Å². The first kappa shape index (κ1) is 18.6. The van der Waals surface area contributed by atoms with E-state index in [1.54, 1.807) is 24.3 Å². The molecule has 1 heterocycles. The molecule has 0 bridgehead atoms. The molecular weight excluding hydrogens is 330 g/mol. The standard InChI is InChI=1S/C20H27N3O3/c1-12-5-4-6-17(13(12)2)22-18-11-19(25)23(20(18)26)16-9-7-15(8-10-16)21-14(3)24/h7-10,12-13,17-18,22H,4-6,11H2,1-3H3,(H,21,24)/t12-,13+,17+,18+/m0/s1. The Hall–Kier alpha value is -2.21. The third-order valence-corrected chi connectivity index (χ3v) is 5.71. The van der Waals surface area contributed by atoms with Crippen molar-refractivity contribution in [1.82, 2.24) is 5.32 Å². The van der Waals surface area contributed by atoms with E-state index < -0.39 is 6.04 Å². The summed E-state index contributed by atoms with van der Waals surface area (Å²) in [5.41, 5.74) is 1.18. The van der Waals surface area contributed by atoms with Gasteiger partial charge >= 0.3 is 0 Å². The van der Waals surface area contributed by atoms with E-state index in [-0.39, 0.29) is 30.2 Å². The Labute approximate surface area is 154 Å². The van der Waals surface area contributed by atoms with Gasteiger partial charge in [-0.1, -0.05) is 26.7 Å². The molecule has 2 aliphatic rings. The molecule has 6 nitrogen and oxygen atoms in total. The minimum atomic E-state index is -0.449. The predicted octanol–water partition coefficient (Wildman–Crippen LogP) is 2.69. The SMILES string of the molecule is CC(=O)Nc1ccc(N2C(=O)C[C@@H](N[C@@H]3CCC[C@H](C)[C@H]3C)C2=O)cc1. The van der Waals surface area contributed by atoms with Gasteiger partial charge in [0.05, 0.1) is 18.2 Å². The number of hydrogen-bond acceptors (Lipinski definition) is 4. The van der Waals surface area contributed by atoms with Gasteiger partial charge in [0, 0.05) is 18.7 Å². The molecule has 0 spiro atoms. The summed E-state index contributed by atoms with van der Waals surface area (Å²) in [5, 5.41) is 6.12. The van der Waals surface area contributed by atoms with Crippen LogP contribution >= 0.6 is 0 Å². The Morgan fingerprint density at radius 2 is 1.81 bits per heavy atom. The second-order valence-corrected chi connectivity index (χ2v) is 7.59. The Kier molecular flexibility index (Phi) is 5.41. The van der Waals surface area contributed by atoms with Crippen molar-refractivity contribution in [1.29, 1.82) is 0 Å². The third kappa shape index (κ3) is 3.80. The van der Waals surface area contributed by atoms with E-state index in [1.807, 2.05) is 0 Å². The largest absolute Gasteiger partial charge is 0.326 e. The van der Waals surface area contributed by atoms with Gasteiger partial charge in [-0.25, -0.2) is 4.90 Å². The van der Waals surface area contributed by atoms with Crippen LogP contribution in [0.1, 0.15) is 46.5 Å². The van der Waals surface area contributed by atoms with Crippen LogP contribution in [-0.4, -0.2) is 29.8 Å². The van der Waals surface area contributed by atoms with Crippen LogP contribution in [0.2, 0.25) is 0 Å². The number of nitrogens with one attached hydrogen (secondary N) is 2. The lowest BCUT2D eigenvalue weighted by Crippen LogP contribution is -2.48. The van der Waals surface area contributed by atoms with Crippen molar-refractivity contribution in [3.8, 4) is 0 Å². The lowest BCUT2D eigenvalue weighted by molar-refractivity contribution is -0.122. The molecule has 1 aromatic carbocycles. The lowest BCUT2D eigenvalue weighted by Gasteiger charge is -2.36. The molecule has 4 atom stereocenters. The highest BCUT2D eigenvalue weighted by molar-refractivity contribution is 6.22. The maximum absolute atomic E-state index is 12.8. The summed E-state index contributed by atoms with van der Waals surface area (Å²) in [6.07, 6.45) is 3.63. The van der Waals surface area contributed by atoms with Gasteiger partial charge in [-0.2, -0.15) is 0 Å². The topological polar surface area (TPSA) is 78.5 Å². The number of rotatable bonds is 4. The van der Waals surface area contributed by atoms with Gasteiger partial charge < -0.3 is 10.6 Å². The Balaban J connectivity index is 1.69. The van der Waals surface area contributed by atoms with Crippen LogP contribution in [0.25, 0.3) is 0 Å². The highest BCUT2D eigenvalue weighted by atomic mass is 16.2. The fraction of sp³-hybridized carbons (Fsp3) is 0.550. The van der Waals surface area contributed by atoms with Gasteiger partial charge in [0.15, 0.2) is 0 Å². The second-order valence-electron chi connectivity index (χ2n) is 7.59. The van der Waals surface area contributed by atoms with Crippen molar-refractivity contribution in [2.45, 2.75) is 58.5 Å². The molecule has 1 saturated carbocycles. The van der Waals surface area contributed by atoms with Gasteiger partial charge in [-0.3, -0.25) is 14.4 Å². The summed E-state index contributed by atoms with van der Waals surface area (Å²) < 4.78 is 0. The number of imide groups is 1. The monoisotopic (exact) mass is 357 g/mol. The smallest absolute Gasteiger partial charge is 0.251 e. The number of carbonyl (C=O) groups is 3. The molecule has 26 heavy (non-hydrogen) atoms. The number of amides is 3.